The topological polar surface area (TPSA) is 37.8 Å². The molecule has 4 heteroatoms. The van der Waals surface area contributed by atoms with Gasteiger partial charge in [0.15, 0.2) is 0 Å². The predicted octanol–water partition coefficient (Wildman–Crippen LogP) is 2.53. The van der Waals surface area contributed by atoms with Crippen LogP contribution < -0.4 is 5.32 Å². The third-order valence-electron chi connectivity index (χ3n) is 3.06. The minimum Gasteiger partial charge on any atom is -0.310 e. The van der Waals surface area contributed by atoms with Gasteiger partial charge in [-0.3, -0.25) is 9.97 Å². The molecule has 1 saturated carbocycles. The summed E-state index contributed by atoms with van der Waals surface area (Å²) >= 11 is 0. The lowest BCUT2D eigenvalue weighted by Gasteiger charge is -2.07. The number of nitrogens with one attached hydrogen (secondary N) is 1. The molecule has 2 aromatic rings. The molecule has 92 valence electrons. The molecule has 3 rings (SSSR count). The largest absolute Gasteiger partial charge is 0.310 e. The molecule has 1 heterocycles. The quantitative estimate of drug-likeness (QED) is 0.896. The first-order chi connectivity index (χ1) is 8.83. The Morgan fingerprint density at radius 3 is 2.89 bits per heavy atom. The average Bonchev–Trinajstić information content (AvgIpc) is 3.23. The second kappa shape index (κ2) is 4.82. The molecule has 1 aromatic carbocycles. The first kappa shape index (κ1) is 11.3. The molecule has 0 unspecified atom stereocenters. The fourth-order valence-corrected chi connectivity index (χ4v) is 1.86. The highest BCUT2D eigenvalue weighted by Gasteiger charge is 2.20. The van der Waals surface area contributed by atoms with E-state index in [0.717, 1.165) is 11.3 Å². The Morgan fingerprint density at radius 1 is 1.28 bits per heavy atom. The predicted molar refractivity (Wildman–Crippen MR) is 67.3 cm³/mol. The van der Waals surface area contributed by atoms with Crippen LogP contribution in [-0.2, 0) is 6.54 Å². The van der Waals surface area contributed by atoms with Crippen molar-refractivity contribution in [3.63, 3.8) is 0 Å². The second-order valence-corrected chi connectivity index (χ2v) is 4.55. The maximum Gasteiger partial charge on any atom is 0.127 e. The Balaban J connectivity index is 1.84. The number of aromatic nitrogens is 2. The van der Waals surface area contributed by atoms with E-state index < -0.39 is 0 Å². The first-order valence-electron chi connectivity index (χ1n) is 6.11. The van der Waals surface area contributed by atoms with Crippen LogP contribution in [0.4, 0.5) is 4.39 Å². The van der Waals surface area contributed by atoms with Crippen molar-refractivity contribution in [3.05, 3.63) is 48.2 Å². The second-order valence-electron chi connectivity index (χ2n) is 4.55. The fraction of sp³-hybridized carbons (Fsp3) is 0.286. The third-order valence-corrected chi connectivity index (χ3v) is 3.06. The molecule has 1 aromatic heterocycles. The summed E-state index contributed by atoms with van der Waals surface area (Å²) in [5, 5.41) is 3.32. The average molecular weight is 243 g/mol. The van der Waals surface area contributed by atoms with Gasteiger partial charge in [-0.25, -0.2) is 4.39 Å². The third kappa shape index (κ3) is 2.54. The highest BCUT2D eigenvalue weighted by atomic mass is 19.1. The Morgan fingerprint density at radius 2 is 2.17 bits per heavy atom. The molecule has 1 aliphatic carbocycles. The van der Waals surface area contributed by atoms with Crippen LogP contribution in [0.1, 0.15) is 18.4 Å². The van der Waals surface area contributed by atoms with Crippen LogP contribution in [0.2, 0.25) is 0 Å². The van der Waals surface area contributed by atoms with Gasteiger partial charge in [-0.05, 0) is 31.0 Å². The van der Waals surface area contributed by atoms with E-state index in [1.807, 2.05) is 6.07 Å². The summed E-state index contributed by atoms with van der Waals surface area (Å²) in [4.78, 5) is 8.25. The van der Waals surface area contributed by atoms with Crippen LogP contribution in [0.3, 0.4) is 0 Å². The Bertz CT molecular complexity index is 538. The van der Waals surface area contributed by atoms with Crippen molar-refractivity contribution < 1.29 is 4.39 Å². The van der Waals surface area contributed by atoms with Gasteiger partial charge in [-0.2, -0.15) is 0 Å². The van der Waals surface area contributed by atoms with Crippen LogP contribution in [-0.4, -0.2) is 16.0 Å². The molecule has 0 spiro atoms. The normalized spacial score (nSPS) is 14.7. The molecule has 0 bridgehead atoms. The van der Waals surface area contributed by atoms with Crippen molar-refractivity contribution in [2.45, 2.75) is 25.4 Å². The maximum absolute atomic E-state index is 13.7. The van der Waals surface area contributed by atoms with Gasteiger partial charge in [0.25, 0.3) is 0 Å². The van der Waals surface area contributed by atoms with Crippen molar-refractivity contribution >= 4 is 0 Å². The maximum atomic E-state index is 13.7. The summed E-state index contributed by atoms with van der Waals surface area (Å²) in [6, 6.07) is 5.65. The molecule has 1 fully saturated rings. The number of rotatable bonds is 4. The van der Waals surface area contributed by atoms with Crippen molar-refractivity contribution in [3.8, 4) is 11.3 Å². The molecule has 0 amide bonds. The van der Waals surface area contributed by atoms with E-state index in [4.69, 9.17) is 0 Å². The number of hydrogen-bond acceptors (Lipinski definition) is 3. The summed E-state index contributed by atoms with van der Waals surface area (Å²) in [7, 11) is 0. The molecule has 0 radical (unpaired) electrons. The van der Waals surface area contributed by atoms with E-state index in [9.17, 15) is 4.39 Å². The molecule has 0 atom stereocenters. The molecule has 0 saturated heterocycles. The molecule has 3 nitrogen and oxygen atoms in total. The van der Waals surface area contributed by atoms with Crippen LogP contribution >= 0.6 is 0 Å². The minimum atomic E-state index is -0.171. The van der Waals surface area contributed by atoms with Gasteiger partial charge in [0.2, 0.25) is 0 Å². The van der Waals surface area contributed by atoms with Crippen LogP contribution in [0, 0.1) is 5.82 Å². The van der Waals surface area contributed by atoms with Crippen molar-refractivity contribution in [2.24, 2.45) is 0 Å². The summed E-state index contributed by atoms with van der Waals surface area (Å²) < 4.78 is 13.7. The van der Waals surface area contributed by atoms with E-state index in [1.165, 1.54) is 18.9 Å². The minimum absolute atomic E-state index is 0.171. The van der Waals surface area contributed by atoms with E-state index in [2.05, 4.69) is 15.3 Å². The lowest BCUT2D eigenvalue weighted by atomic mass is 10.1. The van der Waals surface area contributed by atoms with Gasteiger partial charge in [0.1, 0.15) is 5.82 Å². The van der Waals surface area contributed by atoms with Crippen molar-refractivity contribution in [1.82, 2.24) is 15.3 Å². The summed E-state index contributed by atoms with van der Waals surface area (Å²) in [6.45, 7) is 0.574. The van der Waals surface area contributed by atoms with E-state index in [0.29, 0.717) is 18.2 Å². The van der Waals surface area contributed by atoms with E-state index in [1.54, 1.807) is 24.7 Å². The monoisotopic (exact) mass is 243 g/mol. The van der Waals surface area contributed by atoms with Crippen LogP contribution in [0.15, 0.2) is 36.8 Å². The van der Waals surface area contributed by atoms with E-state index in [-0.39, 0.29) is 5.82 Å². The first-order valence-corrected chi connectivity index (χ1v) is 6.11. The van der Waals surface area contributed by atoms with Gasteiger partial charge in [0.05, 0.1) is 11.9 Å². The fourth-order valence-electron chi connectivity index (χ4n) is 1.86. The molecule has 18 heavy (non-hydrogen) atoms. The van der Waals surface area contributed by atoms with Gasteiger partial charge in [-0.1, -0.05) is 0 Å². The SMILES string of the molecule is Fc1ccc(-c2cnccn2)cc1CNC1CC1. The molecular weight excluding hydrogens is 229 g/mol. The van der Waals surface area contributed by atoms with Gasteiger partial charge in [-0.15, -0.1) is 0 Å². The van der Waals surface area contributed by atoms with Gasteiger partial charge < -0.3 is 5.32 Å². The number of hydrogen-bond donors (Lipinski definition) is 1. The molecular formula is C14H14FN3. The molecule has 0 aliphatic heterocycles. The smallest absolute Gasteiger partial charge is 0.127 e. The summed E-state index contributed by atoms with van der Waals surface area (Å²) in [5.41, 5.74) is 2.35. The lowest BCUT2D eigenvalue weighted by Crippen LogP contribution is -2.16. The zero-order chi connectivity index (χ0) is 12.4. The van der Waals surface area contributed by atoms with Crippen molar-refractivity contribution in [2.75, 3.05) is 0 Å². The van der Waals surface area contributed by atoms with Crippen LogP contribution in [0.25, 0.3) is 11.3 Å². The lowest BCUT2D eigenvalue weighted by molar-refractivity contribution is 0.587. The van der Waals surface area contributed by atoms with Gasteiger partial charge >= 0.3 is 0 Å². The zero-order valence-electron chi connectivity index (χ0n) is 9.94. The molecule has 1 N–H and O–H groups in total. The number of benzene rings is 1. The Labute approximate surface area is 105 Å². The Kier molecular flexibility index (Phi) is 3.02. The Hall–Kier alpha value is -1.81. The molecule has 1 aliphatic rings. The summed E-state index contributed by atoms with van der Waals surface area (Å²) in [5.74, 6) is -0.171. The standard InChI is InChI=1S/C14H14FN3/c15-13-4-1-10(14-9-16-5-6-17-14)7-11(13)8-18-12-2-3-12/h1,4-7,9,12,18H,2-3,8H2. The number of halogens is 1. The highest BCUT2D eigenvalue weighted by Crippen LogP contribution is 2.22. The zero-order valence-corrected chi connectivity index (χ0v) is 9.94. The van der Waals surface area contributed by atoms with Crippen LogP contribution in [0.5, 0.6) is 0 Å². The van der Waals surface area contributed by atoms with E-state index >= 15 is 0 Å². The highest BCUT2D eigenvalue weighted by molar-refractivity contribution is 5.58. The number of nitrogens with zero attached hydrogens (tertiary/aromatic N) is 2. The summed E-state index contributed by atoms with van der Waals surface area (Å²) in [6.07, 6.45) is 7.35. The van der Waals surface area contributed by atoms with Gasteiger partial charge in [0, 0.05) is 36.1 Å². The van der Waals surface area contributed by atoms with Crippen molar-refractivity contribution in [1.29, 1.82) is 0 Å².